The van der Waals surface area contributed by atoms with E-state index in [2.05, 4.69) is 190 Å². The standard InChI is InChI=1S/C55H40N4/c1-36(2)49-31-29-42-28-30-47-48(39-16-8-4-9-17-39)34-50(57-54(47)53(42)56-49)45-22-12-20-43(32-45)44-21-13-23-46(33-44)55-58-51(40-18-10-5-11-19-40)35-52(59-55)41-26-24-38(25-27-41)37-14-6-3-7-15-37/h3-36H,1-2H3. The van der Waals surface area contributed by atoms with Crippen LogP contribution in [-0.4, -0.2) is 19.9 Å². The van der Waals surface area contributed by atoms with Crippen LogP contribution in [0.1, 0.15) is 25.5 Å². The fourth-order valence-electron chi connectivity index (χ4n) is 7.85. The number of nitrogens with zero attached hydrogens (tertiary/aromatic N) is 4. The molecule has 0 atom stereocenters. The normalized spacial score (nSPS) is 11.4. The molecule has 0 bridgehead atoms. The summed E-state index contributed by atoms with van der Waals surface area (Å²) in [5, 5.41) is 2.18. The number of hydrogen-bond acceptors (Lipinski definition) is 4. The fraction of sp³-hybridized carbons (Fsp3) is 0.0545. The molecule has 0 aliphatic rings. The molecular formula is C55H40N4. The highest BCUT2D eigenvalue weighted by molar-refractivity contribution is 6.09. The Morgan fingerprint density at radius 2 is 0.814 bits per heavy atom. The van der Waals surface area contributed by atoms with Gasteiger partial charge in [-0.15, -0.1) is 0 Å². The van der Waals surface area contributed by atoms with Crippen molar-refractivity contribution in [3.63, 3.8) is 0 Å². The molecule has 10 rings (SSSR count). The first-order chi connectivity index (χ1) is 29.0. The van der Waals surface area contributed by atoms with Gasteiger partial charge in [0.25, 0.3) is 0 Å². The van der Waals surface area contributed by atoms with Crippen LogP contribution < -0.4 is 0 Å². The largest absolute Gasteiger partial charge is 0.250 e. The van der Waals surface area contributed by atoms with Gasteiger partial charge in [-0.1, -0.05) is 184 Å². The molecule has 0 aliphatic carbocycles. The Morgan fingerprint density at radius 3 is 1.47 bits per heavy atom. The topological polar surface area (TPSA) is 51.6 Å². The monoisotopic (exact) mass is 756 g/mol. The van der Waals surface area contributed by atoms with Crippen molar-refractivity contribution in [2.24, 2.45) is 0 Å². The molecular weight excluding hydrogens is 717 g/mol. The molecule has 3 aromatic heterocycles. The smallest absolute Gasteiger partial charge is 0.160 e. The summed E-state index contributed by atoms with van der Waals surface area (Å²) in [7, 11) is 0. The second-order valence-electron chi connectivity index (χ2n) is 15.3. The van der Waals surface area contributed by atoms with Crippen molar-refractivity contribution in [1.82, 2.24) is 19.9 Å². The molecule has 280 valence electrons. The highest BCUT2D eigenvalue weighted by atomic mass is 14.9. The van der Waals surface area contributed by atoms with Crippen molar-refractivity contribution in [3.05, 3.63) is 206 Å². The lowest BCUT2D eigenvalue weighted by Gasteiger charge is -2.14. The lowest BCUT2D eigenvalue weighted by Crippen LogP contribution is -1.96. The van der Waals surface area contributed by atoms with E-state index < -0.39 is 0 Å². The van der Waals surface area contributed by atoms with E-state index >= 15 is 0 Å². The zero-order valence-corrected chi connectivity index (χ0v) is 32.9. The van der Waals surface area contributed by atoms with Crippen molar-refractivity contribution in [1.29, 1.82) is 0 Å². The van der Waals surface area contributed by atoms with Crippen LogP contribution >= 0.6 is 0 Å². The van der Waals surface area contributed by atoms with Crippen molar-refractivity contribution >= 4 is 21.8 Å². The van der Waals surface area contributed by atoms with Crippen molar-refractivity contribution < 1.29 is 0 Å². The predicted octanol–water partition coefficient (Wildman–Crippen LogP) is 14.4. The van der Waals surface area contributed by atoms with Crippen LogP contribution in [-0.2, 0) is 0 Å². The maximum Gasteiger partial charge on any atom is 0.160 e. The molecule has 4 nitrogen and oxygen atoms in total. The zero-order chi connectivity index (χ0) is 39.7. The number of rotatable bonds is 8. The van der Waals surface area contributed by atoms with Gasteiger partial charge in [0, 0.05) is 38.7 Å². The average molecular weight is 757 g/mol. The Kier molecular flexibility index (Phi) is 9.36. The van der Waals surface area contributed by atoms with Crippen LogP contribution in [0.2, 0.25) is 0 Å². The first kappa shape index (κ1) is 35.8. The molecule has 0 spiro atoms. The molecule has 0 unspecified atom stereocenters. The van der Waals surface area contributed by atoms with E-state index in [-0.39, 0.29) is 0 Å². The van der Waals surface area contributed by atoms with Gasteiger partial charge in [-0.2, -0.15) is 0 Å². The highest BCUT2D eigenvalue weighted by Gasteiger charge is 2.16. The average Bonchev–Trinajstić information content (AvgIpc) is 3.31. The third kappa shape index (κ3) is 7.17. The third-order valence-electron chi connectivity index (χ3n) is 11.0. The van der Waals surface area contributed by atoms with E-state index in [1.807, 2.05) is 24.3 Å². The van der Waals surface area contributed by atoms with Crippen molar-refractivity contribution in [3.8, 4) is 78.5 Å². The summed E-state index contributed by atoms with van der Waals surface area (Å²) in [6, 6.07) is 70.2. The Morgan fingerprint density at radius 1 is 0.322 bits per heavy atom. The van der Waals surface area contributed by atoms with Gasteiger partial charge in [0.2, 0.25) is 0 Å². The van der Waals surface area contributed by atoms with Gasteiger partial charge >= 0.3 is 0 Å². The summed E-state index contributed by atoms with van der Waals surface area (Å²) in [6.07, 6.45) is 0. The minimum absolute atomic E-state index is 0.308. The predicted molar refractivity (Wildman–Crippen MR) is 245 cm³/mol. The maximum absolute atomic E-state index is 5.38. The summed E-state index contributed by atoms with van der Waals surface area (Å²) >= 11 is 0. The van der Waals surface area contributed by atoms with E-state index in [0.29, 0.717) is 11.7 Å². The SMILES string of the molecule is CC(C)c1ccc2ccc3c(-c4ccccc4)cc(-c4cccc(-c5cccc(-c6nc(-c7ccccc7)cc(-c7ccc(-c8ccccc8)cc7)n6)c5)c4)nc3c2n1. The third-order valence-corrected chi connectivity index (χ3v) is 11.0. The summed E-state index contributed by atoms with van der Waals surface area (Å²) in [5.74, 6) is 0.985. The Labute approximate surface area is 344 Å². The Hall–Kier alpha value is -7.56. The van der Waals surface area contributed by atoms with Crippen LogP contribution in [0, 0.1) is 0 Å². The molecule has 10 aromatic rings. The lowest BCUT2D eigenvalue weighted by molar-refractivity contribution is 0.830. The van der Waals surface area contributed by atoms with E-state index in [0.717, 1.165) is 89.1 Å². The zero-order valence-electron chi connectivity index (χ0n) is 32.9. The van der Waals surface area contributed by atoms with E-state index in [9.17, 15) is 0 Å². The number of benzene rings is 7. The van der Waals surface area contributed by atoms with E-state index in [1.54, 1.807) is 0 Å². The van der Waals surface area contributed by atoms with Gasteiger partial charge in [0.15, 0.2) is 5.82 Å². The fourth-order valence-corrected chi connectivity index (χ4v) is 7.85. The quantitative estimate of drug-likeness (QED) is 0.145. The molecule has 4 heteroatoms. The Balaban J connectivity index is 1.07. The highest BCUT2D eigenvalue weighted by Crippen LogP contribution is 2.37. The molecule has 0 radical (unpaired) electrons. The van der Waals surface area contributed by atoms with Gasteiger partial charge < -0.3 is 0 Å². The van der Waals surface area contributed by atoms with Crippen LogP contribution in [0.15, 0.2) is 200 Å². The van der Waals surface area contributed by atoms with Gasteiger partial charge in [-0.25, -0.2) is 15.0 Å². The van der Waals surface area contributed by atoms with Crippen LogP contribution in [0.4, 0.5) is 0 Å². The van der Waals surface area contributed by atoms with Gasteiger partial charge in [-0.3, -0.25) is 4.98 Å². The van der Waals surface area contributed by atoms with Crippen LogP contribution in [0.25, 0.3) is 100 Å². The van der Waals surface area contributed by atoms with E-state index in [1.165, 1.54) is 11.1 Å². The molecule has 0 saturated carbocycles. The van der Waals surface area contributed by atoms with Crippen molar-refractivity contribution in [2.75, 3.05) is 0 Å². The minimum atomic E-state index is 0.308. The number of fused-ring (bicyclic) bond motifs is 3. The second-order valence-corrected chi connectivity index (χ2v) is 15.3. The molecule has 0 aliphatic heterocycles. The molecule has 0 saturated heterocycles. The molecule has 59 heavy (non-hydrogen) atoms. The number of hydrogen-bond donors (Lipinski definition) is 0. The van der Waals surface area contributed by atoms with Gasteiger partial charge in [0.1, 0.15) is 0 Å². The molecule has 7 aromatic carbocycles. The van der Waals surface area contributed by atoms with Gasteiger partial charge in [0.05, 0.1) is 28.1 Å². The Bertz CT molecular complexity index is 3100. The van der Waals surface area contributed by atoms with Gasteiger partial charge in [-0.05, 0) is 69.6 Å². The second kappa shape index (κ2) is 15.4. The van der Waals surface area contributed by atoms with Crippen LogP contribution in [0.3, 0.4) is 0 Å². The van der Waals surface area contributed by atoms with Crippen molar-refractivity contribution in [2.45, 2.75) is 19.8 Å². The first-order valence-corrected chi connectivity index (χ1v) is 20.2. The van der Waals surface area contributed by atoms with Crippen LogP contribution in [0.5, 0.6) is 0 Å². The maximum atomic E-state index is 5.38. The summed E-state index contributed by atoms with van der Waals surface area (Å²) in [5.41, 5.74) is 16.4. The van der Waals surface area contributed by atoms with E-state index in [4.69, 9.17) is 19.9 Å². The summed E-state index contributed by atoms with van der Waals surface area (Å²) in [6.45, 7) is 4.37. The molecule has 0 amide bonds. The molecule has 0 N–H and O–H groups in total. The number of pyridine rings is 2. The molecule has 3 heterocycles. The molecule has 0 fully saturated rings. The minimum Gasteiger partial charge on any atom is -0.250 e. The lowest BCUT2D eigenvalue weighted by atomic mass is 9.95. The summed E-state index contributed by atoms with van der Waals surface area (Å²) < 4.78 is 0. The number of aromatic nitrogens is 4. The summed E-state index contributed by atoms with van der Waals surface area (Å²) in [4.78, 5) is 20.9. The first-order valence-electron chi connectivity index (χ1n) is 20.2.